The lowest BCUT2D eigenvalue weighted by molar-refractivity contribution is -0.127. The summed E-state index contributed by atoms with van der Waals surface area (Å²) in [6, 6.07) is 10.3. The van der Waals surface area contributed by atoms with Gasteiger partial charge in [0.05, 0.1) is 6.54 Å². The van der Waals surface area contributed by atoms with Crippen LogP contribution in [-0.2, 0) is 16.1 Å². The van der Waals surface area contributed by atoms with Crippen LogP contribution < -0.4 is 10.6 Å². The van der Waals surface area contributed by atoms with Gasteiger partial charge < -0.3 is 10.6 Å². The first-order valence-corrected chi connectivity index (χ1v) is 10.4. The smallest absolute Gasteiger partial charge is 0.234 e. The standard InChI is InChI=1S/C22H33N3O2/c1-17-7-5-6-10-20(17)24-21(26)16-25-13-11-19(12-14-25)22(27)23-15-18-8-3-2-4-9-18/h2-4,8-9,17,19-20H,5-7,10-16H2,1H3,(H,23,27)(H,24,26). The molecule has 2 N–H and O–H groups in total. The summed E-state index contributed by atoms with van der Waals surface area (Å²) in [6.45, 7) is 4.92. The Kier molecular flexibility index (Phi) is 7.27. The Labute approximate surface area is 162 Å². The van der Waals surface area contributed by atoms with Gasteiger partial charge >= 0.3 is 0 Å². The molecule has 2 atom stereocenters. The van der Waals surface area contributed by atoms with Crippen LogP contribution in [0, 0.1) is 11.8 Å². The number of carbonyl (C=O) groups excluding carboxylic acids is 2. The summed E-state index contributed by atoms with van der Waals surface area (Å²) >= 11 is 0. The summed E-state index contributed by atoms with van der Waals surface area (Å²) in [5.41, 5.74) is 1.12. The van der Waals surface area contributed by atoms with Gasteiger partial charge in [0, 0.05) is 18.5 Å². The highest BCUT2D eigenvalue weighted by atomic mass is 16.2. The molecule has 0 spiro atoms. The maximum atomic E-state index is 12.4. The highest BCUT2D eigenvalue weighted by Gasteiger charge is 2.27. The van der Waals surface area contributed by atoms with Gasteiger partial charge in [-0.2, -0.15) is 0 Å². The molecule has 1 aromatic carbocycles. The molecule has 2 unspecified atom stereocenters. The molecule has 1 aromatic rings. The van der Waals surface area contributed by atoms with E-state index in [-0.39, 0.29) is 17.7 Å². The second-order valence-electron chi connectivity index (χ2n) is 8.19. The van der Waals surface area contributed by atoms with Crippen molar-refractivity contribution in [1.29, 1.82) is 0 Å². The lowest BCUT2D eigenvalue weighted by atomic mass is 9.86. The van der Waals surface area contributed by atoms with Crippen molar-refractivity contribution in [3.63, 3.8) is 0 Å². The fourth-order valence-electron chi connectivity index (χ4n) is 4.27. The molecule has 2 amide bonds. The molecule has 1 aliphatic heterocycles. The van der Waals surface area contributed by atoms with E-state index >= 15 is 0 Å². The molecule has 1 saturated carbocycles. The number of benzene rings is 1. The van der Waals surface area contributed by atoms with Gasteiger partial charge in [0.25, 0.3) is 0 Å². The van der Waals surface area contributed by atoms with E-state index in [1.54, 1.807) is 0 Å². The van der Waals surface area contributed by atoms with Gasteiger partial charge in [-0.05, 0) is 50.3 Å². The Morgan fingerprint density at radius 2 is 1.74 bits per heavy atom. The minimum absolute atomic E-state index is 0.0615. The van der Waals surface area contributed by atoms with E-state index in [4.69, 9.17) is 0 Å². The summed E-state index contributed by atoms with van der Waals surface area (Å²) < 4.78 is 0. The van der Waals surface area contributed by atoms with Crippen LogP contribution in [0.25, 0.3) is 0 Å². The number of hydrogen-bond donors (Lipinski definition) is 2. The van der Waals surface area contributed by atoms with Gasteiger partial charge in [0.1, 0.15) is 0 Å². The molecule has 5 nitrogen and oxygen atoms in total. The van der Waals surface area contributed by atoms with Crippen molar-refractivity contribution in [3.8, 4) is 0 Å². The number of amides is 2. The fourth-order valence-corrected chi connectivity index (χ4v) is 4.27. The zero-order valence-corrected chi connectivity index (χ0v) is 16.5. The zero-order chi connectivity index (χ0) is 19.1. The molecular weight excluding hydrogens is 338 g/mol. The van der Waals surface area contributed by atoms with Crippen molar-refractivity contribution < 1.29 is 9.59 Å². The van der Waals surface area contributed by atoms with Crippen LogP contribution in [0.2, 0.25) is 0 Å². The summed E-state index contributed by atoms with van der Waals surface area (Å²) in [5.74, 6) is 0.924. The number of nitrogens with one attached hydrogen (secondary N) is 2. The Morgan fingerprint density at radius 3 is 2.44 bits per heavy atom. The molecule has 2 aliphatic rings. The molecule has 0 aromatic heterocycles. The van der Waals surface area contributed by atoms with E-state index in [1.165, 1.54) is 19.3 Å². The van der Waals surface area contributed by atoms with Crippen LogP contribution in [0.5, 0.6) is 0 Å². The van der Waals surface area contributed by atoms with Crippen molar-refractivity contribution >= 4 is 11.8 Å². The van der Waals surface area contributed by atoms with Gasteiger partial charge in [-0.1, -0.05) is 50.1 Å². The van der Waals surface area contributed by atoms with Gasteiger partial charge in [0.15, 0.2) is 0 Å². The van der Waals surface area contributed by atoms with Crippen LogP contribution in [0.4, 0.5) is 0 Å². The Balaban J connectivity index is 1.35. The predicted molar refractivity (Wildman–Crippen MR) is 107 cm³/mol. The van der Waals surface area contributed by atoms with Crippen molar-refractivity contribution in [2.24, 2.45) is 11.8 Å². The van der Waals surface area contributed by atoms with Gasteiger partial charge in [-0.15, -0.1) is 0 Å². The van der Waals surface area contributed by atoms with Gasteiger partial charge in [-0.3, -0.25) is 14.5 Å². The molecule has 1 saturated heterocycles. The van der Waals surface area contributed by atoms with Crippen LogP contribution >= 0.6 is 0 Å². The maximum absolute atomic E-state index is 12.4. The third-order valence-electron chi connectivity index (χ3n) is 6.09. The molecule has 27 heavy (non-hydrogen) atoms. The number of rotatable bonds is 6. The average molecular weight is 372 g/mol. The van der Waals surface area contributed by atoms with Crippen molar-refractivity contribution in [2.75, 3.05) is 19.6 Å². The quantitative estimate of drug-likeness (QED) is 0.808. The summed E-state index contributed by atoms with van der Waals surface area (Å²) in [4.78, 5) is 26.9. The second-order valence-corrected chi connectivity index (χ2v) is 8.19. The van der Waals surface area contributed by atoms with Crippen molar-refractivity contribution in [3.05, 3.63) is 35.9 Å². The molecule has 5 heteroatoms. The summed E-state index contributed by atoms with van der Waals surface area (Å²) in [7, 11) is 0. The van der Waals surface area contributed by atoms with Crippen LogP contribution in [-0.4, -0.2) is 42.4 Å². The number of carbonyl (C=O) groups is 2. The lowest BCUT2D eigenvalue weighted by Gasteiger charge is -2.33. The van der Waals surface area contributed by atoms with E-state index in [0.717, 1.165) is 37.9 Å². The molecule has 1 heterocycles. The fraction of sp³-hybridized carbons (Fsp3) is 0.636. The molecule has 0 radical (unpaired) electrons. The van der Waals surface area contributed by atoms with E-state index in [0.29, 0.717) is 25.0 Å². The molecule has 3 rings (SSSR count). The van der Waals surface area contributed by atoms with E-state index in [9.17, 15) is 9.59 Å². The second kappa shape index (κ2) is 9.88. The summed E-state index contributed by atoms with van der Waals surface area (Å²) in [6.07, 6.45) is 6.48. The van der Waals surface area contributed by atoms with Gasteiger partial charge in [0.2, 0.25) is 11.8 Å². The normalized spacial score (nSPS) is 24.3. The first-order chi connectivity index (χ1) is 13.1. The number of likely N-dealkylation sites (tertiary alicyclic amines) is 1. The SMILES string of the molecule is CC1CCCCC1NC(=O)CN1CCC(C(=O)NCc2ccccc2)CC1. The minimum Gasteiger partial charge on any atom is -0.352 e. The Hall–Kier alpha value is -1.88. The highest BCUT2D eigenvalue weighted by molar-refractivity contribution is 5.79. The van der Waals surface area contributed by atoms with Crippen molar-refractivity contribution in [1.82, 2.24) is 15.5 Å². The summed E-state index contributed by atoms with van der Waals surface area (Å²) in [5, 5.41) is 6.28. The van der Waals surface area contributed by atoms with Gasteiger partial charge in [-0.25, -0.2) is 0 Å². The van der Waals surface area contributed by atoms with Crippen LogP contribution in [0.15, 0.2) is 30.3 Å². The lowest BCUT2D eigenvalue weighted by Crippen LogP contribution is -2.48. The highest BCUT2D eigenvalue weighted by Crippen LogP contribution is 2.24. The van der Waals surface area contributed by atoms with E-state index < -0.39 is 0 Å². The number of nitrogens with zero attached hydrogens (tertiary/aromatic N) is 1. The Bertz CT molecular complexity index is 611. The molecule has 148 valence electrons. The molecule has 2 fully saturated rings. The average Bonchev–Trinajstić information content (AvgIpc) is 2.69. The zero-order valence-electron chi connectivity index (χ0n) is 16.5. The van der Waals surface area contributed by atoms with E-state index in [2.05, 4.69) is 22.5 Å². The van der Waals surface area contributed by atoms with Crippen LogP contribution in [0.1, 0.15) is 51.0 Å². The predicted octanol–water partition coefficient (Wildman–Crippen LogP) is 2.71. The number of piperidine rings is 1. The molecular formula is C22H33N3O2. The molecule has 0 bridgehead atoms. The topological polar surface area (TPSA) is 61.4 Å². The Morgan fingerprint density at radius 1 is 1.04 bits per heavy atom. The maximum Gasteiger partial charge on any atom is 0.234 e. The van der Waals surface area contributed by atoms with E-state index in [1.807, 2.05) is 30.3 Å². The third-order valence-corrected chi connectivity index (χ3v) is 6.09. The third kappa shape index (κ3) is 6.06. The number of hydrogen-bond acceptors (Lipinski definition) is 3. The largest absolute Gasteiger partial charge is 0.352 e. The van der Waals surface area contributed by atoms with Crippen LogP contribution in [0.3, 0.4) is 0 Å². The van der Waals surface area contributed by atoms with Crippen molar-refractivity contribution in [2.45, 2.75) is 58.0 Å². The minimum atomic E-state index is 0.0615. The monoisotopic (exact) mass is 371 g/mol. The first-order valence-electron chi connectivity index (χ1n) is 10.4. The molecule has 1 aliphatic carbocycles. The first kappa shape index (κ1) is 19.9.